The number of nitro groups is 1. The molecule has 1 amide bonds. The summed E-state index contributed by atoms with van der Waals surface area (Å²) in [7, 11) is 0. The summed E-state index contributed by atoms with van der Waals surface area (Å²) < 4.78 is 13.2. The van der Waals surface area contributed by atoms with E-state index >= 15 is 0 Å². The third-order valence-electron chi connectivity index (χ3n) is 3.35. The molecule has 3 rings (SSSR count). The summed E-state index contributed by atoms with van der Waals surface area (Å²) in [6.07, 6.45) is 0. The number of carbonyl (C=O) groups is 1. The van der Waals surface area contributed by atoms with Gasteiger partial charge in [0.15, 0.2) is 5.13 Å². The number of benzene rings is 2. The summed E-state index contributed by atoms with van der Waals surface area (Å²) in [6.45, 7) is 0. The maximum atomic E-state index is 13.2. The quantitative estimate of drug-likeness (QED) is 0.458. The summed E-state index contributed by atoms with van der Waals surface area (Å²) in [5, 5.41) is 15.2. The fourth-order valence-corrected chi connectivity index (χ4v) is 3.24. The minimum absolute atomic E-state index is 0.0289. The Morgan fingerprint density at radius 1 is 1.19 bits per heavy atom. The number of hydrogen-bond donors (Lipinski definition) is 1. The van der Waals surface area contributed by atoms with Crippen molar-refractivity contribution in [3.05, 3.63) is 73.3 Å². The van der Waals surface area contributed by atoms with Gasteiger partial charge in [0.1, 0.15) is 5.82 Å². The Bertz CT molecular complexity index is 1030. The molecule has 0 saturated carbocycles. The second-order valence-electron chi connectivity index (χ2n) is 5.04. The number of amides is 1. The molecule has 2 aromatic carbocycles. The van der Waals surface area contributed by atoms with E-state index in [1.807, 2.05) is 0 Å². The number of non-ortho nitro benzene ring substituents is 1. The maximum absolute atomic E-state index is 13.2. The Labute approximate surface area is 160 Å². The molecule has 132 valence electrons. The van der Waals surface area contributed by atoms with Gasteiger partial charge < -0.3 is 0 Å². The highest BCUT2D eigenvalue weighted by atomic mass is 35.5. The van der Waals surface area contributed by atoms with Crippen LogP contribution in [0.1, 0.15) is 10.4 Å². The molecule has 1 N–H and O–H groups in total. The molecule has 0 unspecified atom stereocenters. The number of nitrogens with zero attached hydrogens (tertiary/aromatic N) is 2. The first-order valence-electron chi connectivity index (χ1n) is 7.01. The highest BCUT2D eigenvalue weighted by Crippen LogP contribution is 2.29. The van der Waals surface area contributed by atoms with Crippen LogP contribution in [0, 0.1) is 15.9 Å². The van der Waals surface area contributed by atoms with E-state index < -0.39 is 16.6 Å². The van der Waals surface area contributed by atoms with Crippen molar-refractivity contribution >= 4 is 51.3 Å². The molecular weight excluding hydrogens is 404 g/mol. The van der Waals surface area contributed by atoms with Gasteiger partial charge in [0, 0.05) is 23.1 Å². The lowest BCUT2D eigenvalue weighted by molar-refractivity contribution is -0.384. The average Bonchev–Trinajstić information content (AvgIpc) is 3.05. The van der Waals surface area contributed by atoms with Crippen LogP contribution in [0.4, 0.5) is 15.2 Å². The van der Waals surface area contributed by atoms with Gasteiger partial charge in [-0.3, -0.25) is 20.2 Å². The monoisotopic (exact) mass is 411 g/mol. The van der Waals surface area contributed by atoms with Gasteiger partial charge in [-0.05, 0) is 24.3 Å². The van der Waals surface area contributed by atoms with E-state index in [2.05, 4.69) is 10.3 Å². The normalized spacial score (nSPS) is 10.6. The van der Waals surface area contributed by atoms with Gasteiger partial charge in [0.25, 0.3) is 11.6 Å². The summed E-state index contributed by atoms with van der Waals surface area (Å²) >= 11 is 12.9. The SMILES string of the molecule is O=C(Nc1nc(-c2ccc(F)c(Cl)c2)cs1)c1ccc([N+](=O)[O-])cc1Cl. The van der Waals surface area contributed by atoms with Crippen molar-refractivity contribution in [2.24, 2.45) is 0 Å². The van der Waals surface area contributed by atoms with E-state index in [-0.39, 0.29) is 21.3 Å². The fraction of sp³-hybridized carbons (Fsp3) is 0. The highest BCUT2D eigenvalue weighted by Gasteiger charge is 2.16. The molecule has 0 radical (unpaired) electrons. The molecule has 0 spiro atoms. The van der Waals surface area contributed by atoms with E-state index in [4.69, 9.17) is 23.2 Å². The van der Waals surface area contributed by atoms with E-state index in [9.17, 15) is 19.3 Å². The molecule has 0 saturated heterocycles. The van der Waals surface area contributed by atoms with Crippen molar-refractivity contribution in [3.8, 4) is 11.3 Å². The van der Waals surface area contributed by atoms with Crippen LogP contribution in [0.3, 0.4) is 0 Å². The van der Waals surface area contributed by atoms with E-state index in [1.165, 1.54) is 30.3 Å². The van der Waals surface area contributed by atoms with Gasteiger partial charge >= 0.3 is 0 Å². The number of halogens is 3. The minimum Gasteiger partial charge on any atom is -0.298 e. The van der Waals surface area contributed by atoms with Gasteiger partial charge in [0.05, 0.1) is 26.2 Å². The van der Waals surface area contributed by atoms with Gasteiger partial charge in [-0.25, -0.2) is 9.37 Å². The van der Waals surface area contributed by atoms with Crippen LogP contribution in [0.25, 0.3) is 11.3 Å². The Hall–Kier alpha value is -2.55. The summed E-state index contributed by atoms with van der Waals surface area (Å²) in [5.74, 6) is -1.09. The molecule has 0 aliphatic carbocycles. The average molecular weight is 412 g/mol. The molecule has 0 bridgehead atoms. The number of nitrogens with one attached hydrogen (secondary N) is 1. The number of anilines is 1. The summed E-state index contributed by atoms with van der Waals surface area (Å²) in [5.41, 5.74) is 0.985. The first-order chi connectivity index (χ1) is 12.3. The number of rotatable bonds is 4. The summed E-state index contributed by atoms with van der Waals surface area (Å²) in [4.78, 5) is 26.6. The lowest BCUT2D eigenvalue weighted by atomic mass is 10.2. The molecule has 0 atom stereocenters. The number of carbonyl (C=O) groups excluding carboxylic acids is 1. The second kappa shape index (κ2) is 7.36. The summed E-state index contributed by atoms with van der Waals surface area (Å²) in [6, 6.07) is 7.74. The third-order valence-corrected chi connectivity index (χ3v) is 4.71. The van der Waals surface area contributed by atoms with Crippen LogP contribution in [0.2, 0.25) is 10.0 Å². The zero-order chi connectivity index (χ0) is 18.8. The molecule has 3 aromatic rings. The zero-order valence-corrected chi connectivity index (χ0v) is 15.0. The van der Waals surface area contributed by atoms with Crippen LogP contribution in [0.5, 0.6) is 0 Å². The van der Waals surface area contributed by atoms with Crippen molar-refractivity contribution < 1.29 is 14.1 Å². The van der Waals surface area contributed by atoms with Gasteiger partial charge in [-0.1, -0.05) is 23.2 Å². The fourth-order valence-electron chi connectivity index (χ4n) is 2.09. The van der Waals surface area contributed by atoms with Gasteiger partial charge in [-0.2, -0.15) is 0 Å². The van der Waals surface area contributed by atoms with E-state index in [0.29, 0.717) is 16.4 Å². The lowest BCUT2D eigenvalue weighted by Gasteiger charge is -2.04. The van der Waals surface area contributed by atoms with Crippen LogP contribution in [-0.4, -0.2) is 15.8 Å². The largest absolute Gasteiger partial charge is 0.298 e. The van der Waals surface area contributed by atoms with Gasteiger partial charge in [0.2, 0.25) is 0 Å². The molecule has 10 heteroatoms. The molecule has 0 fully saturated rings. The van der Waals surface area contributed by atoms with Crippen molar-refractivity contribution in [1.29, 1.82) is 0 Å². The predicted molar refractivity (Wildman–Crippen MR) is 98.6 cm³/mol. The number of aromatic nitrogens is 1. The molecule has 0 aliphatic heterocycles. The maximum Gasteiger partial charge on any atom is 0.270 e. The Morgan fingerprint density at radius 3 is 2.62 bits per heavy atom. The standard InChI is InChI=1S/C16H8Cl2FN3O3S/c17-11-6-9(22(24)25)2-3-10(11)15(23)21-16-20-14(7-26-16)8-1-4-13(19)12(18)5-8/h1-7H,(H,20,21,23). The molecule has 26 heavy (non-hydrogen) atoms. The first-order valence-corrected chi connectivity index (χ1v) is 8.65. The van der Waals surface area contributed by atoms with Crippen LogP contribution in [-0.2, 0) is 0 Å². The molecule has 1 heterocycles. The topological polar surface area (TPSA) is 85.1 Å². The Balaban J connectivity index is 1.79. The van der Waals surface area contributed by atoms with Crippen LogP contribution >= 0.6 is 34.5 Å². The van der Waals surface area contributed by atoms with E-state index in [0.717, 1.165) is 17.4 Å². The first kappa shape index (κ1) is 18.2. The van der Waals surface area contributed by atoms with Crippen molar-refractivity contribution in [2.45, 2.75) is 0 Å². The minimum atomic E-state index is -0.603. The smallest absolute Gasteiger partial charge is 0.270 e. The molecule has 1 aromatic heterocycles. The predicted octanol–water partition coefficient (Wildman–Crippen LogP) is 5.42. The Morgan fingerprint density at radius 2 is 1.96 bits per heavy atom. The van der Waals surface area contributed by atoms with Crippen molar-refractivity contribution in [3.63, 3.8) is 0 Å². The number of nitro benzene ring substituents is 1. The molecule has 0 aliphatic rings. The highest BCUT2D eigenvalue weighted by molar-refractivity contribution is 7.14. The van der Waals surface area contributed by atoms with Crippen LogP contribution in [0.15, 0.2) is 41.8 Å². The second-order valence-corrected chi connectivity index (χ2v) is 6.71. The van der Waals surface area contributed by atoms with Crippen molar-refractivity contribution in [2.75, 3.05) is 5.32 Å². The number of thiazole rings is 1. The lowest BCUT2D eigenvalue weighted by Crippen LogP contribution is -2.12. The zero-order valence-electron chi connectivity index (χ0n) is 12.7. The third kappa shape index (κ3) is 3.82. The van der Waals surface area contributed by atoms with Crippen molar-refractivity contribution in [1.82, 2.24) is 4.98 Å². The van der Waals surface area contributed by atoms with Gasteiger partial charge in [-0.15, -0.1) is 11.3 Å². The van der Waals surface area contributed by atoms with Crippen LogP contribution < -0.4 is 5.32 Å². The van der Waals surface area contributed by atoms with E-state index in [1.54, 1.807) is 5.38 Å². The Kier molecular flexibility index (Phi) is 5.17. The number of hydrogen-bond acceptors (Lipinski definition) is 5. The molecular formula is C16H8Cl2FN3O3S. The molecule has 6 nitrogen and oxygen atoms in total.